The Labute approximate surface area is 225 Å². The van der Waals surface area contributed by atoms with Crippen molar-refractivity contribution in [2.45, 2.75) is 65.5 Å². The second-order valence-corrected chi connectivity index (χ2v) is 9.96. The number of ether oxygens (including phenoxy) is 1. The van der Waals surface area contributed by atoms with Crippen LogP contribution in [0.4, 0.5) is 0 Å². The summed E-state index contributed by atoms with van der Waals surface area (Å²) in [5.74, 6) is -4.59. The van der Waals surface area contributed by atoms with E-state index in [2.05, 4.69) is 0 Å². The van der Waals surface area contributed by atoms with Crippen LogP contribution in [0.15, 0.2) is 69.1 Å². The molecule has 0 aromatic rings. The molecular weight excluding hydrogens is 514 g/mol. The smallest absolute Gasteiger partial charge is 0.343 e. The lowest BCUT2D eigenvalue weighted by Crippen LogP contribution is -2.44. The molecule has 0 radical (unpaired) electrons. The molecule has 0 saturated heterocycles. The van der Waals surface area contributed by atoms with Gasteiger partial charge in [-0.05, 0) is 50.8 Å². The molecule has 3 aliphatic rings. The number of rotatable bonds is 10. The van der Waals surface area contributed by atoms with E-state index >= 15 is 0 Å². The first-order valence-electron chi connectivity index (χ1n) is 12.2. The van der Waals surface area contributed by atoms with Crippen molar-refractivity contribution >= 4 is 41.1 Å². The van der Waals surface area contributed by atoms with Gasteiger partial charge in [-0.25, -0.2) is 9.59 Å². The first-order valence-corrected chi connectivity index (χ1v) is 12.6. The minimum atomic E-state index is -1.88. The number of Topliss-reactive ketones (excluding diaryl/α,β-unsaturated/α-hetero) is 2. The number of allylic oxidation sites excluding steroid dienone is 6. The Morgan fingerprint density at radius 2 is 1.89 bits per heavy atom. The van der Waals surface area contributed by atoms with Crippen LogP contribution in [0.1, 0.15) is 53.9 Å². The summed E-state index contributed by atoms with van der Waals surface area (Å²) in [7, 11) is 0. The Bertz CT molecular complexity index is 1310. The molecule has 3 rings (SSSR count). The van der Waals surface area contributed by atoms with Gasteiger partial charge in [0.2, 0.25) is 5.78 Å². The van der Waals surface area contributed by atoms with E-state index in [0.717, 1.165) is 6.42 Å². The highest BCUT2D eigenvalue weighted by molar-refractivity contribution is 6.46. The molecule has 0 saturated carbocycles. The number of hydrogen-bond acceptors (Lipinski definition) is 7. The van der Waals surface area contributed by atoms with Crippen LogP contribution in [0.5, 0.6) is 0 Å². The molecule has 2 heterocycles. The number of hydrogen-bond donors (Lipinski definition) is 2. The number of carbonyl (C=O) groups excluding carboxylic acids is 3. The van der Waals surface area contributed by atoms with Crippen molar-refractivity contribution in [2.75, 3.05) is 0 Å². The standard InChI is InChI=1S/C28H30ClNO8/c1-6-14(3)8-9-16-12-17-18(13-30(16)19(26(35)36)10-11-20(31)32)22-21(24(33)15(4)7-2)27(37)38-28(22,5)25(34)23(17)29/h7-9,12-14,19H,6,10-11H2,1-5H3,(H,31,32)(H,35,36). The van der Waals surface area contributed by atoms with Crippen molar-refractivity contribution < 1.29 is 38.9 Å². The number of carbonyl (C=O) groups is 5. The third-order valence-electron chi connectivity index (χ3n) is 7.03. The molecule has 2 aliphatic heterocycles. The molecular formula is C28H30ClNO8. The number of ketones is 2. The van der Waals surface area contributed by atoms with Crippen molar-refractivity contribution in [3.8, 4) is 0 Å². The summed E-state index contributed by atoms with van der Waals surface area (Å²) in [5, 5.41) is 19.0. The fourth-order valence-electron chi connectivity index (χ4n) is 4.45. The largest absolute Gasteiger partial charge is 0.481 e. The number of carboxylic acids is 2. The number of carboxylic acid groups (broad SMARTS) is 2. The van der Waals surface area contributed by atoms with Crippen LogP contribution >= 0.6 is 11.6 Å². The molecule has 0 aromatic carbocycles. The van der Waals surface area contributed by atoms with Gasteiger partial charge in [0.25, 0.3) is 0 Å². The predicted octanol–water partition coefficient (Wildman–Crippen LogP) is 4.21. The van der Waals surface area contributed by atoms with Crippen molar-refractivity contribution in [3.63, 3.8) is 0 Å². The molecule has 0 aromatic heterocycles. The predicted molar refractivity (Wildman–Crippen MR) is 139 cm³/mol. The van der Waals surface area contributed by atoms with Gasteiger partial charge in [0.15, 0.2) is 11.4 Å². The number of esters is 1. The molecule has 1 aliphatic carbocycles. The first kappa shape index (κ1) is 28.8. The molecule has 0 bridgehead atoms. The normalized spacial score (nSPS) is 23.1. The average Bonchev–Trinajstić information content (AvgIpc) is 3.15. The van der Waals surface area contributed by atoms with Crippen LogP contribution in [0.25, 0.3) is 0 Å². The molecule has 3 unspecified atom stereocenters. The first-order chi connectivity index (χ1) is 17.8. The van der Waals surface area contributed by atoms with Crippen molar-refractivity contribution in [1.29, 1.82) is 0 Å². The fraction of sp³-hybridized carbons (Fsp3) is 0.393. The summed E-state index contributed by atoms with van der Waals surface area (Å²) in [6, 6.07) is -1.30. The van der Waals surface area contributed by atoms with Gasteiger partial charge in [0, 0.05) is 35.0 Å². The Kier molecular flexibility index (Phi) is 8.31. The van der Waals surface area contributed by atoms with Gasteiger partial charge in [0.05, 0.1) is 5.03 Å². The number of aliphatic carboxylic acids is 2. The quantitative estimate of drug-likeness (QED) is 0.235. The molecule has 0 spiro atoms. The van der Waals surface area contributed by atoms with E-state index in [1.165, 1.54) is 37.1 Å². The lowest BCUT2D eigenvalue weighted by molar-refractivity contribution is -0.153. The zero-order chi connectivity index (χ0) is 28.5. The Morgan fingerprint density at radius 1 is 1.24 bits per heavy atom. The molecule has 10 heteroatoms. The lowest BCUT2D eigenvalue weighted by Gasteiger charge is -2.38. The Morgan fingerprint density at radius 3 is 2.45 bits per heavy atom. The summed E-state index contributed by atoms with van der Waals surface area (Å²) in [4.78, 5) is 64.5. The van der Waals surface area contributed by atoms with Gasteiger partial charge in [-0.3, -0.25) is 14.4 Å². The molecule has 3 atom stereocenters. The van der Waals surface area contributed by atoms with Crippen LogP contribution in [0.2, 0.25) is 0 Å². The van der Waals surface area contributed by atoms with E-state index in [-0.39, 0.29) is 45.2 Å². The number of nitrogens with zero attached hydrogens (tertiary/aromatic N) is 1. The second-order valence-electron chi connectivity index (χ2n) is 9.58. The maximum absolute atomic E-state index is 13.4. The van der Waals surface area contributed by atoms with Gasteiger partial charge in [-0.15, -0.1) is 0 Å². The average molecular weight is 544 g/mol. The van der Waals surface area contributed by atoms with Gasteiger partial charge >= 0.3 is 17.9 Å². The second kappa shape index (κ2) is 10.9. The summed E-state index contributed by atoms with van der Waals surface area (Å²) in [6.45, 7) is 8.46. The summed E-state index contributed by atoms with van der Waals surface area (Å²) in [6.07, 6.45) is 8.18. The third kappa shape index (κ3) is 5.03. The summed E-state index contributed by atoms with van der Waals surface area (Å²) in [5.41, 5.74) is -1.17. The van der Waals surface area contributed by atoms with E-state index < -0.39 is 47.5 Å². The molecule has 0 fully saturated rings. The van der Waals surface area contributed by atoms with E-state index in [4.69, 9.17) is 16.3 Å². The molecule has 9 nitrogen and oxygen atoms in total. The third-order valence-corrected chi connectivity index (χ3v) is 7.40. The Hall–Kier alpha value is -3.72. The van der Waals surface area contributed by atoms with Crippen molar-refractivity contribution in [2.24, 2.45) is 5.92 Å². The molecule has 2 N–H and O–H groups in total. The highest BCUT2D eigenvalue weighted by atomic mass is 35.5. The molecule has 202 valence electrons. The number of fused-ring (bicyclic) bond motifs is 3. The van der Waals surface area contributed by atoms with E-state index in [9.17, 15) is 34.2 Å². The lowest BCUT2D eigenvalue weighted by atomic mass is 9.74. The van der Waals surface area contributed by atoms with Crippen LogP contribution in [0, 0.1) is 5.92 Å². The zero-order valence-electron chi connectivity index (χ0n) is 21.8. The van der Waals surface area contributed by atoms with Crippen LogP contribution < -0.4 is 0 Å². The van der Waals surface area contributed by atoms with Crippen molar-refractivity contribution in [1.82, 2.24) is 4.90 Å². The maximum atomic E-state index is 13.4. The van der Waals surface area contributed by atoms with Crippen LogP contribution in [-0.2, 0) is 28.7 Å². The van der Waals surface area contributed by atoms with Crippen LogP contribution in [0.3, 0.4) is 0 Å². The van der Waals surface area contributed by atoms with E-state index in [1.54, 1.807) is 13.0 Å². The topological polar surface area (TPSA) is 138 Å². The summed E-state index contributed by atoms with van der Waals surface area (Å²) >= 11 is 6.51. The van der Waals surface area contributed by atoms with Crippen molar-refractivity contribution in [3.05, 3.63) is 69.1 Å². The molecule has 38 heavy (non-hydrogen) atoms. The highest BCUT2D eigenvalue weighted by Gasteiger charge is 2.57. The van der Waals surface area contributed by atoms with E-state index in [1.807, 2.05) is 19.9 Å². The number of halogens is 1. The van der Waals surface area contributed by atoms with Crippen LogP contribution in [-0.4, -0.2) is 56.2 Å². The summed E-state index contributed by atoms with van der Waals surface area (Å²) < 4.78 is 5.44. The zero-order valence-corrected chi connectivity index (χ0v) is 22.6. The SMILES string of the molecule is CC=C(C)C(=O)C1=C2C3=CN(C(CCC(=O)O)C(=O)O)C(C=CC(C)CC)=CC3=C(Cl)C(=O)C2(C)OC1=O. The minimum absolute atomic E-state index is 0.00618. The van der Waals surface area contributed by atoms with Gasteiger partial charge in [-0.2, -0.15) is 0 Å². The minimum Gasteiger partial charge on any atom is -0.481 e. The van der Waals surface area contributed by atoms with Gasteiger partial charge in [0.1, 0.15) is 11.6 Å². The monoisotopic (exact) mass is 543 g/mol. The highest BCUT2D eigenvalue weighted by Crippen LogP contribution is 2.50. The van der Waals surface area contributed by atoms with Gasteiger partial charge < -0.3 is 19.8 Å². The Balaban J connectivity index is 2.34. The van der Waals surface area contributed by atoms with Gasteiger partial charge in [-0.1, -0.05) is 44.0 Å². The van der Waals surface area contributed by atoms with E-state index in [0.29, 0.717) is 5.70 Å². The fourth-order valence-corrected chi connectivity index (χ4v) is 4.79. The molecule has 0 amide bonds. The maximum Gasteiger partial charge on any atom is 0.343 e.